The second kappa shape index (κ2) is 6.12. The maximum absolute atomic E-state index is 11.2. The first-order valence-corrected chi connectivity index (χ1v) is 6.01. The van der Waals surface area contributed by atoms with Crippen LogP contribution in [0.3, 0.4) is 0 Å². The number of nitrogens with zero attached hydrogens (tertiary/aromatic N) is 1. The van der Waals surface area contributed by atoms with E-state index in [-0.39, 0.29) is 5.56 Å². The molecule has 1 atom stereocenters. The van der Waals surface area contributed by atoms with Gasteiger partial charge in [0.2, 0.25) is 0 Å². The summed E-state index contributed by atoms with van der Waals surface area (Å²) in [6, 6.07) is 0. The summed E-state index contributed by atoms with van der Waals surface area (Å²) in [5, 5.41) is 3.10. The maximum Gasteiger partial charge on any atom is 0.267 e. The van der Waals surface area contributed by atoms with Gasteiger partial charge in [-0.05, 0) is 28.3 Å². The number of nitrogens with one attached hydrogen (secondary N) is 2. The molecule has 0 saturated heterocycles. The molecule has 0 aliphatic rings. The Hall–Kier alpha value is -0.550. The molecule has 1 rings (SSSR count). The van der Waals surface area contributed by atoms with Gasteiger partial charge in [-0.2, -0.15) is 0 Å². The van der Waals surface area contributed by atoms with E-state index in [0.717, 1.165) is 13.0 Å². The lowest BCUT2D eigenvalue weighted by Crippen LogP contribution is -2.16. The minimum Gasteiger partial charge on any atom is -0.369 e. The van der Waals surface area contributed by atoms with Gasteiger partial charge in [-0.1, -0.05) is 6.92 Å². The first-order chi connectivity index (χ1) is 7.15. The number of hydrogen-bond donors (Lipinski definition) is 2. The molecule has 15 heavy (non-hydrogen) atoms. The monoisotopic (exact) mass is 293 g/mol. The van der Waals surface area contributed by atoms with Gasteiger partial charge < -0.3 is 10.3 Å². The number of alkyl halides is 1. The number of anilines is 1. The van der Waals surface area contributed by atoms with Crippen LogP contribution >= 0.6 is 27.5 Å². The topological polar surface area (TPSA) is 57.8 Å². The highest BCUT2D eigenvalue weighted by molar-refractivity contribution is 9.10. The highest BCUT2D eigenvalue weighted by atomic mass is 79.9. The Balaban J connectivity index is 2.58. The van der Waals surface area contributed by atoms with Crippen molar-refractivity contribution in [1.82, 2.24) is 9.97 Å². The third-order valence-corrected chi connectivity index (χ3v) is 2.97. The molecule has 0 aliphatic carbocycles. The Labute approximate surface area is 102 Å². The molecule has 0 radical (unpaired) electrons. The SMILES string of the molecule is CC(CCCl)CNc1nc[nH]c(=O)c1Br. The summed E-state index contributed by atoms with van der Waals surface area (Å²) >= 11 is 8.80. The molecule has 1 unspecified atom stereocenters. The Morgan fingerprint density at radius 1 is 1.73 bits per heavy atom. The molecule has 0 spiro atoms. The zero-order valence-electron chi connectivity index (χ0n) is 8.39. The van der Waals surface area contributed by atoms with Crippen LogP contribution in [-0.2, 0) is 0 Å². The average molecular weight is 295 g/mol. The third-order valence-electron chi connectivity index (χ3n) is 2.02. The fourth-order valence-electron chi connectivity index (χ4n) is 1.07. The molecule has 4 nitrogen and oxygen atoms in total. The van der Waals surface area contributed by atoms with Crippen molar-refractivity contribution in [2.24, 2.45) is 5.92 Å². The standard InChI is InChI=1S/C9H13BrClN3O/c1-6(2-3-11)4-12-8-7(10)9(15)14-5-13-8/h5-6H,2-4H2,1H3,(H2,12,13,14,15). The van der Waals surface area contributed by atoms with Crippen molar-refractivity contribution in [3.05, 3.63) is 21.2 Å². The maximum atomic E-state index is 11.2. The lowest BCUT2D eigenvalue weighted by atomic mass is 10.1. The first-order valence-electron chi connectivity index (χ1n) is 4.68. The van der Waals surface area contributed by atoms with E-state index in [2.05, 4.69) is 38.1 Å². The van der Waals surface area contributed by atoms with Crippen molar-refractivity contribution in [3.8, 4) is 0 Å². The van der Waals surface area contributed by atoms with Crippen LogP contribution in [0.25, 0.3) is 0 Å². The second-order valence-electron chi connectivity index (χ2n) is 3.36. The number of hydrogen-bond acceptors (Lipinski definition) is 3. The summed E-state index contributed by atoms with van der Waals surface area (Å²) in [5.74, 6) is 1.67. The number of halogens is 2. The van der Waals surface area contributed by atoms with Crippen molar-refractivity contribution in [1.29, 1.82) is 0 Å². The molecule has 0 aromatic carbocycles. The van der Waals surface area contributed by atoms with E-state index in [0.29, 0.717) is 22.1 Å². The Morgan fingerprint density at radius 3 is 3.13 bits per heavy atom. The largest absolute Gasteiger partial charge is 0.369 e. The second-order valence-corrected chi connectivity index (χ2v) is 4.53. The molecule has 0 aliphatic heterocycles. The fraction of sp³-hybridized carbons (Fsp3) is 0.556. The molecule has 0 saturated carbocycles. The van der Waals surface area contributed by atoms with E-state index in [1.165, 1.54) is 6.33 Å². The quantitative estimate of drug-likeness (QED) is 0.819. The van der Waals surface area contributed by atoms with Crippen molar-refractivity contribution in [2.45, 2.75) is 13.3 Å². The van der Waals surface area contributed by atoms with Crippen LogP contribution in [0.2, 0.25) is 0 Å². The van der Waals surface area contributed by atoms with E-state index in [4.69, 9.17) is 11.6 Å². The van der Waals surface area contributed by atoms with Gasteiger partial charge in [0.1, 0.15) is 10.3 Å². The van der Waals surface area contributed by atoms with Gasteiger partial charge in [0, 0.05) is 12.4 Å². The number of aromatic amines is 1. The first kappa shape index (κ1) is 12.5. The van der Waals surface area contributed by atoms with Crippen molar-refractivity contribution >= 4 is 33.3 Å². The number of H-pyrrole nitrogens is 1. The van der Waals surface area contributed by atoms with Crippen molar-refractivity contribution in [2.75, 3.05) is 17.7 Å². The summed E-state index contributed by atoms with van der Waals surface area (Å²) in [6.45, 7) is 2.85. The van der Waals surface area contributed by atoms with Crippen LogP contribution in [0.15, 0.2) is 15.6 Å². The summed E-state index contributed by atoms with van der Waals surface area (Å²) in [5.41, 5.74) is -0.183. The summed E-state index contributed by atoms with van der Waals surface area (Å²) in [4.78, 5) is 17.7. The fourth-order valence-corrected chi connectivity index (χ4v) is 1.80. The molecule has 0 amide bonds. The highest BCUT2D eigenvalue weighted by Gasteiger charge is 2.06. The van der Waals surface area contributed by atoms with Crippen LogP contribution in [0.1, 0.15) is 13.3 Å². The van der Waals surface area contributed by atoms with Gasteiger partial charge in [-0.15, -0.1) is 11.6 Å². The van der Waals surface area contributed by atoms with Crippen LogP contribution in [0.5, 0.6) is 0 Å². The van der Waals surface area contributed by atoms with Gasteiger partial charge in [-0.25, -0.2) is 4.98 Å². The van der Waals surface area contributed by atoms with Gasteiger partial charge >= 0.3 is 0 Å². The van der Waals surface area contributed by atoms with Gasteiger partial charge in [0.25, 0.3) is 5.56 Å². The average Bonchev–Trinajstić information content (AvgIpc) is 2.21. The molecule has 1 aromatic heterocycles. The Kier molecular flexibility index (Phi) is 5.11. The molecule has 0 bridgehead atoms. The molecule has 0 fully saturated rings. The Morgan fingerprint density at radius 2 is 2.47 bits per heavy atom. The molecule has 84 valence electrons. The van der Waals surface area contributed by atoms with Crippen molar-refractivity contribution < 1.29 is 0 Å². The number of rotatable bonds is 5. The lowest BCUT2D eigenvalue weighted by Gasteiger charge is -2.11. The number of aromatic nitrogens is 2. The molecular formula is C9H13BrClN3O. The summed E-state index contributed by atoms with van der Waals surface area (Å²) in [7, 11) is 0. The molecule has 1 heterocycles. The van der Waals surface area contributed by atoms with Crippen LogP contribution < -0.4 is 10.9 Å². The van der Waals surface area contributed by atoms with E-state index in [9.17, 15) is 4.79 Å². The summed E-state index contributed by atoms with van der Waals surface area (Å²) in [6.07, 6.45) is 2.32. The predicted octanol–water partition coefficient (Wildman–Crippen LogP) is 2.21. The third kappa shape index (κ3) is 3.83. The minimum absolute atomic E-state index is 0.183. The molecule has 2 N–H and O–H groups in total. The van der Waals surface area contributed by atoms with Gasteiger partial charge in [0.05, 0.1) is 6.33 Å². The van der Waals surface area contributed by atoms with E-state index in [1.807, 2.05) is 0 Å². The predicted molar refractivity (Wildman–Crippen MR) is 65.5 cm³/mol. The van der Waals surface area contributed by atoms with Crippen LogP contribution in [0, 0.1) is 5.92 Å². The van der Waals surface area contributed by atoms with E-state index in [1.54, 1.807) is 0 Å². The molecular weight excluding hydrogens is 281 g/mol. The normalized spacial score (nSPS) is 12.5. The smallest absolute Gasteiger partial charge is 0.267 e. The zero-order valence-corrected chi connectivity index (χ0v) is 10.7. The zero-order chi connectivity index (χ0) is 11.3. The van der Waals surface area contributed by atoms with Crippen LogP contribution in [-0.4, -0.2) is 22.4 Å². The van der Waals surface area contributed by atoms with Crippen molar-refractivity contribution in [3.63, 3.8) is 0 Å². The minimum atomic E-state index is -0.183. The lowest BCUT2D eigenvalue weighted by molar-refractivity contribution is 0.595. The Bertz CT molecular complexity index is 369. The molecule has 1 aromatic rings. The van der Waals surface area contributed by atoms with Gasteiger partial charge in [-0.3, -0.25) is 4.79 Å². The highest BCUT2D eigenvalue weighted by Crippen LogP contribution is 2.14. The van der Waals surface area contributed by atoms with Crippen LogP contribution in [0.4, 0.5) is 5.82 Å². The molecule has 6 heteroatoms. The summed E-state index contributed by atoms with van der Waals surface area (Å²) < 4.78 is 0.433. The van der Waals surface area contributed by atoms with E-state index >= 15 is 0 Å². The van der Waals surface area contributed by atoms with E-state index < -0.39 is 0 Å². The van der Waals surface area contributed by atoms with Gasteiger partial charge in [0.15, 0.2) is 0 Å².